The molecule has 0 unspecified atom stereocenters. The number of benzene rings is 1. The zero-order valence-corrected chi connectivity index (χ0v) is 11.9. The smallest absolute Gasteiger partial charge is 0.277 e. The summed E-state index contributed by atoms with van der Waals surface area (Å²) >= 11 is 11.1. The van der Waals surface area contributed by atoms with Crippen LogP contribution in [0.5, 0.6) is 11.5 Å². The molecule has 0 aliphatic rings. The maximum absolute atomic E-state index is 11.5. The summed E-state index contributed by atoms with van der Waals surface area (Å²) in [6, 6.07) is 7.04. The fourth-order valence-electron chi connectivity index (χ4n) is 1.15. The van der Waals surface area contributed by atoms with Gasteiger partial charge in [-0.15, -0.1) is 23.2 Å². The lowest BCUT2D eigenvalue weighted by Gasteiger charge is -2.09. The normalized spacial score (nSPS) is 9.63. The van der Waals surface area contributed by atoms with Crippen LogP contribution in [-0.4, -0.2) is 37.1 Å². The highest BCUT2D eigenvalue weighted by Crippen LogP contribution is 2.25. The minimum absolute atomic E-state index is 0.164. The average Bonchev–Trinajstić information content (AvgIpc) is 2.46. The van der Waals surface area contributed by atoms with E-state index >= 15 is 0 Å². The van der Waals surface area contributed by atoms with Crippen LogP contribution in [0.1, 0.15) is 0 Å². The molecule has 0 spiro atoms. The number of amides is 1. The molecule has 0 radical (unpaired) electrons. The predicted octanol–water partition coefficient (Wildman–Crippen LogP) is 2.02. The van der Waals surface area contributed by atoms with Crippen LogP contribution >= 0.6 is 23.2 Å². The molecule has 0 aliphatic carbocycles. The lowest BCUT2D eigenvalue weighted by molar-refractivity contribution is -0.123. The van der Waals surface area contributed by atoms with E-state index < -0.39 is 5.91 Å². The van der Waals surface area contributed by atoms with Crippen molar-refractivity contribution >= 4 is 34.8 Å². The van der Waals surface area contributed by atoms with Gasteiger partial charge in [0.1, 0.15) is 0 Å². The van der Waals surface area contributed by atoms with Gasteiger partial charge in [-0.1, -0.05) is 12.1 Å². The first kappa shape index (κ1) is 15.6. The summed E-state index contributed by atoms with van der Waals surface area (Å²) < 4.78 is 10.4. The van der Waals surface area contributed by atoms with Crippen molar-refractivity contribution in [3.8, 4) is 11.5 Å². The molecule has 7 heteroatoms. The van der Waals surface area contributed by atoms with Crippen molar-refractivity contribution in [2.45, 2.75) is 0 Å². The highest BCUT2D eigenvalue weighted by Gasteiger charge is 2.06. The number of halogens is 2. The number of ether oxygens (including phenoxy) is 2. The number of alkyl halides is 2. The number of carbonyl (C=O) groups is 1. The molecule has 0 saturated carbocycles. The third-order valence-electron chi connectivity index (χ3n) is 2.08. The van der Waals surface area contributed by atoms with Gasteiger partial charge in [0.25, 0.3) is 5.91 Å². The number of nitrogens with zero attached hydrogens (tertiary/aromatic N) is 1. The Morgan fingerprint density at radius 3 is 2.47 bits per heavy atom. The molecule has 0 saturated heterocycles. The highest BCUT2D eigenvalue weighted by molar-refractivity contribution is 6.37. The summed E-state index contributed by atoms with van der Waals surface area (Å²) in [7, 11) is 1.53. The number of carbonyl (C=O) groups excluding carboxylic acids is 1. The minimum Gasteiger partial charge on any atom is -0.493 e. The highest BCUT2D eigenvalue weighted by atomic mass is 35.5. The Bertz CT molecular complexity index is 446. The molecule has 0 atom stereocenters. The van der Waals surface area contributed by atoms with Crippen LogP contribution in [0.15, 0.2) is 29.4 Å². The first-order chi connectivity index (χ1) is 9.21. The van der Waals surface area contributed by atoms with E-state index in [4.69, 9.17) is 32.7 Å². The van der Waals surface area contributed by atoms with Gasteiger partial charge < -0.3 is 9.47 Å². The second kappa shape index (κ2) is 8.61. The Labute approximate surface area is 121 Å². The maximum atomic E-state index is 11.5. The van der Waals surface area contributed by atoms with E-state index in [9.17, 15) is 4.79 Å². The van der Waals surface area contributed by atoms with Gasteiger partial charge in [0.15, 0.2) is 18.1 Å². The lowest BCUT2D eigenvalue weighted by atomic mass is 10.3. The molecule has 1 rings (SSSR count). The van der Waals surface area contributed by atoms with Crippen LogP contribution < -0.4 is 14.9 Å². The zero-order valence-electron chi connectivity index (χ0n) is 10.4. The molecule has 0 aromatic heterocycles. The molecule has 1 N–H and O–H groups in total. The van der Waals surface area contributed by atoms with Crippen LogP contribution in [0.2, 0.25) is 0 Å². The maximum Gasteiger partial charge on any atom is 0.277 e. The number of para-hydroxylation sites is 2. The fraction of sp³-hybridized carbons (Fsp3) is 0.333. The number of hydrogen-bond acceptors (Lipinski definition) is 4. The van der Waals surface area contributed by atoms with Gasteiger partial charge >= 0.3 is 0 Å². The van der Waals surface area contributed by atoms with Crippen molar-refractivity contribution in [2.75, 3.05) is 25.5 Å². The molecule has 5 nitrogen and oxygen atoms in total. The van der Waals surface area contributed by atoms with Gasteiger partial charge in [-0.2, -0.15) is 5.10 Å². The summed E-state index contributed by atoms with van der Waals surface area (Å²) in [5.74, 6) is 0.965. The van der Waals surface area contributed by atoms with E-state index in [0.29, 0.717) is 17.2 Å². The molecule has 1 aromatic carbocycles. The zero-order chi connectivity index (χ0) is 14.1. The van der Waals surface area contributed by atoms with Gasteiger partial charge in [-0.3, -0.25) is 4.79 Å². The molecule has 1 aromatic rings. The minimum atomic E-state index is -0.404. The molecule has 0 bridgehead atoms. The number of rotatable bonds is 7. The van der Waals surface area contributed by atoms with Gasteiger partial charge in [-0.05, 0) is 12.1 Å². The van der Waals surface area contributed by atoms with Crippen LogP contribution in [0.25, 0.3) is 0 Å². The monoisotopic (exact) mass is 304 g/mol. The quantitative estimate of drug-likeness (QED) is 0.476. The molecule has 1 amide bonds. The van der Waals surface area contributed by atoms with Crippen LogP contribution in [0.4, 0.5) is 0 Å². The van der Waals surface area contributed by atoms with Crippen molar-refractivity contribution in [3.05, 3.63) is 24.3 Å². The third-order valence-corrected chi connectivity index (χ3v) is 2.69. The van der Waals surface area contributed by atoms with Gasteiger partial charge in [-0.25, -0.2) is 5.43 Å². The molecule has 104 valence electrons. The van der Waals surface area contributed by atoms with Crippen molar-refractivity contribution in [1.82, 2.24) is 5.43 Å². The van der Waals surface area contributed by atoms with Gasteiger partial charge in [0, 0.05) is 0 Å². The van der Waals surface area contributed by atoms with Crippen molar-refractivity contribution < 1.29 is 14.3 Å². The Morgan fingerprint density at radius 2 is 1.89 bits per heavy atom. The number of hydrazone groups is 1. The predicted molar refractivity (Wildman–Crippen MR) is 75.5 cm³/mol. The van der Waals surface area contributed by atoms with E-state index in [0.717, 1.165) is 0 Å². The van der Waals surface area contributed by atoms with Crippen LogP contribution in [0.3, 0.4) is 0 Å². The topological polar surface area (TPSA) is 59.9 Å². The molecule has 0 aliphatic heterocycles. The second-order valence-corrected chi connectivity index (χ2v) is 3.95. The van der Waals surface area contributed by atoms with Crippen LogP contribution in [0, 0.1) is 0 Å². The first-order valence-electron chi connectivity index (χ1n) is 5.43. The van der Waals surface area contributed by atoms with Crippen LogP contribution in [-0.2, 0) is 4.79 Å². The number of hydrogen-bond donors (Lipinski definition) is 1. The summed E-state index contributed by atoms with van der Waals surface area (Å²) in [6.45, 7) is -0.179. The second-order valence-electron chi connectivity index (χ2n) is 3.42. The van der Waals surface area contributed by atoms with E-state index in [1.165, 1.54) is 7.11 Å². The van der Waals surface area contributed by atoms with E-state index in [1.54, 1.807) is 18.2 Å². The fourth-order valence-corrected chi connectivity index (χ4v) is 1.56. The van der Waals surface area contributed by atoms with Crippen molar-refractivity contribution in [1.29, 1.82) is 0 Å². The molecule has 0 heterocycles. The Hall–Kier alpha value is -1.46. The third kappa shape index (κ3) is 5.36. The number of methoxy groups -OCH3 is 1. The molecular formula is C12H14Cl2N2O3. The summed E-state index contributed by atoms with van der Waals surface area (Å²) in [6.07, 6.45) is 0. The summed E-state index contributed by atoms with van der Waals surface area (Å²) in [5.41, 5.74) is 2.79. The Kier molecular flexibility index (Phi) is 7.07. The first-order valence-corrected chi connectivity index (χ1v) is 6.50. The average molecular weight is 305 g/mol. The lowest BCUT2D eigenvalue weighted by Crippen LogP contribution is -2.26. The van der Waals surface area contributed by atoms with E-state index in [-0.39, 0.29) is 18.4 Å². The SMILES string of the molecule is COc1ccccc1OCC(=O)NN=C(CCl)CCl. The van der Waals surface area contributed by atoms with E-state index in [1.807, 2.05) is 6.07 Å². The van der Waals surface area contributed by atoms with Crippen molar-refractivity contribution in [2.24, 2.45) is 5.10 Å². The number of nitrogens with one attached hydrogen (secondary N) is 1. The molecule has 19 heavy (non-hydrogen) atoms. The van der Waals surface area contributed by atoms with Gasteiger partial charge in [0.05, 0.1) is 24.6 Å². The van der Waals surface area contributed by atoms with E-state index in [2.05, 4.69) is 10.5 Å². The van der Waals surface area contributed by atoms with Crippen molar-refractivity contribution in [3.63, 3.8) is 0 Å². The molecule has 0 fully saturated rings. The van der Waals surface area contributed by atoms with Gasteiger partial charge in [0.2, 0.25) is 0 Å². The molecular weight excluding hydrogens is 291 g/mol. The largest absolute Gasteiger partial charge is 0.493 e. The summed E-state index contributed by atoms with van der Waals surface area (Å²) in [5, 5.41) is 3.76. The Balaban J connectivity index is 2.48. The Morgan fingerprint density at radius 1 is 1.26 bits per heavy atom. The standard InChI is InChI=1S/C12H14Cl2N2O3/c1-18-10-4-2-3-5-11(10)19-8-12(17)16-15-9(6-13)7-14/h2-5H,6-8H2,1H3,(H,16,17). The summed E-state index contributed by atoms with van der Waals surface area (Å²) in [4.78, 5) is 11.5.